The molecule has 6 nitrogen and oxygen atoms in total. The summed E-state index contributed by atoms with van der Waals surface area (Å²) in [6.45, 7) is 17.8. The van der Waals surface area contributed by atoms with Gasteiger partial charge in [-0.1, -0.05) is 84.4 Å². The fraction of sp³-hybridized carbons (Fsp3) is 0.319. The Morgan fingerprint density at radius 3 is 1.19 bits per heavy atom. The van der Waals surface area contributed by atoms with E-state index in [1.165, 1.54) is 11.1 Å². The van der Waals surface area contributed by atoms with E-state index in [1.807, 2.05) is 50.2 Å². The summed E-state index contributed by atoms with van der Waals surface area (Å²) in [5.74, 6) is -0.704. The molecule has 5 rings (SSSR count). The number of hydrogen-bond donors (Lipinski definition) is 0. The summed E-state index contributed by atoms with van der Waals surface area (Å²) in [5.41, 5.74) is 9.13. The van der Waals surface area contributed by atoms with Crippen LogP contribution in [0.5, 0.6) is 0 Å². The van der Waals surface area contributed by atoms with Crippen LogP contribution in [-0.2, 0) is 20.3 Å². The zero-order chi connectivity index (χ0) is 38.2. The Kier molecular flexibility index (Phi) is 12.5. The molecule has 0 saturated carbocycles. The molecule has 0 fully saturated rings. The molecule has 5 aromatic rings. The van der Waals surface area contributed by atoms with Crippen LogP contribution < -0.4 is 9.80 Å². The van der Waals surface area contributed by atoms with Gasteiger partial charge in [0.2, 0.25) is 0 Å². The van der Waals surface area contributed by atoms with Gasteiger partial charge in [-0.05, 0) is 134 Å². The number of carbonyl (C=O) groups excluding carboxylic acids is 2. The lowest BCUT2D eigenvalue weighted by Crippen LogP contribution is -2.17. The van der Waals surface area contributed by atoms with Crippen molar-refractivity contribution < 1.29 is 19.1 Å². The summed E-state index contributed by atoms with van der Waals surface area (Å²) in [4.78, 5) is 29.9. The molecule has 0 amide bonds. The number of esters is 2. The maximum absolute atomic E-state index is 12.8. The first-order valence-corrected chi connectivity index (χ1v) is 18.9. The monoisotopic (exact) mass is 710 g/mol. The van der Waals surface area contributed by atoms with Crippen molar-refractivity contribution in [2.45, 2.75) is 85.5 Å². The molecule has 0 aliphatic carbocycles. The van der Waals surface area contributed by atoms with Crippen molar-refractivity contribution in [3.8, 4) is 0 Å². The fourth-order valence-corrected chi connectivity index (χ4v) is 6.71. The van der Waals surface area contributed by atoms with E-state index in [2.05, 4.69) is 124 Å². The van der Waals surface area contributed by atoms with Crippen LogP contribution in [0.4, 0.5) is 34.1 Å². The van der Waals surface area contributed by atoms with Gasteiger partial charge in [0.05, 0.1) is 24.3 Å². The van der Waals surface area contributed by atoms with Crippen molar-refractivity contribution in [1.29, 1.82) is 0 Å². The van der Waals surface area contributed by atoms with Crippen LogP contribution in [0.2, 0.25) is 0 Å². The second kappa shape index (κ2) is 17.0. The van der Waals surface area contributed by atoms with Crippen LogP contribution in [0.15, 0.2) is 121 Å². The molecule has 0 radical (unpaired) electrons. The number of nitrogens with zero attached hydrogens (tertiary/aromatic N) is 2. The largest absolute Gasteiger partial charge is 0.462 e. The molecule has 6 heteroatoms. The smallest absolute Gasteiger partial charge is 0.338 e. The maximum Gasteiger partial charge on any atom is 0.338 e. The lowest BCUT2D eigenvalue weighted by Gasteiger charge is -2.30. The second-order valence-electron chi connectivity index (χ2n) is 14.7. The average molecular weight is 711 g/mol. The van der Waals surface area contributed by atoms with Gasteiger partial charge in [-0.25, -0.2) is 9.59 Å². The van der Waals surface area contributed by atoms with Gasteiger partial charge >= 0.3 is 11.9 Å². The van der Waals surface area contributed by atoms with Crippen molar-refractivity contribution in [1.82, 2.24) is 0 Å². The Morgan fingerprint density at radius 1 is 0.491 bits per heavy atom. The van der Waals surface area contributed by atoms with Crippen molar-refractivity contribution >= 4 is 46.1 Å². The van der Waals surface area contributed by atoms with Crippen molar-refractivity contribution in [2.75, 3.05) is 23.0 Å². The van der Waals surface area contributed by atoms with Gasteiger partial charge in [-0.15, -0.1) is 0 Å². The molecule has 0 aromatic heterocycles. The summed E-state index contributed by atoms with van der Waals surface area (Å²) >= 11 is 0. The lowest BCUT2D eigenvalue weighted by molar-refractivity contribution is 0.0517. The van der Waals surface area contributed by atoms with Crippen molar-refractivity contribution in [3.63, 3.8) is 0 Å². The summed E-state index contributed by atoms with van der Waals surface area (Å²) in [6.07, 6.45) is 3.23. The predicted octanol–water partition coefficient (Wildman–Crippen LogP) is 12.7. The highest BCUT2D eigenvalue weighted by Crippen LogP contribution is 2.41. The van der Waals surface area contributed by atoms with Crippen LogP contribution in [0, 0.1) is 0 Å². The Hall–Kier alpha value is -5.36. The highest BCUT2D eigenvalue weighted by Gasteiger charge is 2.23. The molecule has 0 bridgehead atoms. The van der Waals surface area contributed by atoms with Gasteiger partial charge < -0.3 is 19.3 Å². The zero-order valence-electron chi connectivity index (χ0n) is 32.6. The maximum atomic E-state index is 12.8. The van der Waals surface area contributed by atoms with Gasteiger partial charge in [-0.2, -0.15) is 0 Å². The van der Waals surface area contributed by atoms with Gasteiger partial charge in [0.1, 0.15) is 0 Å². The normalized spacial score (nSPS) is 11.5. The SMILES string of the molecule is CCCC(C)(C)c1ccc(N(c2ccc(N(c3ccc(C(C)(C)CC)cc3)c3cccc(C(=O)OCC)c3)cc2)c2cccc(C(=O)OCC)c2)cc1. The van der Waals surface area contributed by atoms with E-state index in [0.29, 0.717) is 24.3 Å². The Labute approximate surface area is 316 Å². The highest BCUT2D eigenvalue weighted by atomic mass is 16.5. The highest BCUT2D eigenvalue weighted by molar-refractivity contribution is 5.93. The minimum atomic E-state index is -0.352. The number of ether oxygens (including phenoxy) is 2. The van der Waals surface area contributed by atoms with Gasteiger partial charge in [0.15, 0.2) is 0 Å². The van der Waals surface area contributed by atoms with Crippen molar-refractivity contribution in [2.24, 2.45) is 0 Å². The first kappa shape index (κ1) is 38.9. The van der Waals surface area contributed by atoms with Crippen LogP contribution in [0.1, 0.15) is 106 Å². The summed E-state index contributed by atoms with van der Waals surface area (Å²) in [5, 5.41) is 0. The Balaban J connectivity index is 1.61. The average Bonchev–Trinajstić information content (AvgIpc) is 3.16. The molecule has 0 unspecified atom stereocenters. The third-order valence-corrected chi connectivity index (χ3v) is 10.2. The second-order valence-corrected chi connectivity index (χ2v) is 14.7. The Morgan fingerprint density at radius 2 is 0.849 bits per heavy atom. The minimum absolute atomic E-state index is 0.0484. The fourth-order valence-electron chi connectivity index (χ4n) is 6.71. The molecule has 0 saturated heterocycles. The number of benzene rings is 5. The topological polar surface area (TPSA) is 59.1 Å². The number of carbonyl (C=O) groups is 2. The number of anilines is 6. The third-order valence-electron chi connectivity index (χ3n) is 10.2. The number of hydrogen-bond acceptors (Lipinski definition) is 6. The summed E-state index contributed by atoms with van der Waals surface area (Å²) < 4.78 is 10.7. The minimum Gasteiger partial charge on any atom is -0.462 e. The van der Waals surface area contributed by atoms with Gasteiger partial charge in [0, 0.05) is 34.1 Å². The molecule has 0 atom stereocenters. The first-order chi connectivity index (χ1) is 25.4. The lowest BCUT2D eigenvalue weighted by atomic mass is 9.81. The molecule has 0 spiro atoms. The van der Waals surface area contributed by atoms with E-state index >= 15 is 0 Å². The summed E-state index contributed by atoms with van der Waals surface area (Å²) in [7, 11) is 0. The summed E-state index contributed by atoms with van der Waals surface area (Å²) in [6, 6.07) is 40.9. The van der Waals surface area contributed by atoms with Crippen molar-refractivity contribution in [3.05, 3.63) is 144 Å². The molecule has 53 heavy (non-hydrogen) atoms. The van der Waals surface area contributed by atoms with E-state index in [9.17, 15) is 9.59 Å². The third kappa shape index (κ3) is 9.00. The van der Waals surface area contributed by atoms with E-state index in [1.54, 1.807) is 12.1 Å². The van der Waals surface area contributed by atoms with E-state index in [-0.39, 0.29) is 22.8 Å². The molecule has 276 valence electrons. The van der Waals surface area contributed by atoms with Gasteiger partial charge in [0.25, 0.3) is 0 Å². The quantitative estimate of drug-likeness (QED) is 0.101. The Bertz CT molecular complexity index is 1980. The van der Waals surface area contributed by atoms with Crippen LogP contribution in [-0.4, -0.2) is 25.2 Å². The first-order valence-electron chi connectivity index (χ1n) is 18.9. The zero-order valence-corrected chi connectivity index (χ0v) is 32.6. The van der Waals surface area contributed by atoms with Crippen LogP contribution in [0.25, 0.3) is 0 Å². The predicted molar refractivity (Wildman–Crippen MR) is 219 cm³/mol. The standard InChI is InChI=1S/C47H54N2O4/c1-9-31-47(7,8)37-21-25-39(26-22-37)49(43-18-14-16-35(33-43)45(51)53-12-4)41-29-27-40(28-30-41)48(38-23-19-36(20-24-38)46(5,6)10-2)42-17-13-15-34(32-42)44(50)52-11-3/h13-30,32-33H,9-12,31H2,1-8H3. The van der Waals surface area contributed by atoms with Gasteiger partial charge in [-0.3, -0.25) is 0 Å². The molecular weight excluding hydrogens is 657 g/mol. The molecule has 0 heterocycles. The van der Waals surface area contributed by atoms with E-state index < -0.39 is 0 Å². The molecule has 0 N–H and O–H groups in total. The van der Waals surface area contributed by atoms with E-state index in [4.69, 9.17) is 9.47 Å². The molecule has 5 aromatic carbocycles. The molecule has 0 aliphatic rings. The molecule has 0 aliphatic heterocycles. The van der Waals surface area contributed by atoms with Crippen LogP contribution >= 0.6 is 0 Å². The van der Waals surface area contributed by atoms with E-state index in [0.717, 1.165) is 53.4 Å². The molecular formula is C47H54N2O4. The number of rotatable bonds is 15. The van der Waals surface area contributed by atoms with Crippen LogP contribution in [0.3, 0.4) is 0 Å².